The fourth-order valence-corrected chi connectivity index (χ4v) is 5.09. The quantitative estimate of drug-likeness (QED) is 0.422. The van der Waals surface area contributed by atoms with E-state index in [0.29, 0.717) is 18.7 Å². The highest BCUT2D eigenvalue weighted by Gasteiger charge is 2.27. The Morgan fingerprint density at radius 1 is 1.19 bits per heavy atom. The molecule has 2 aromatic heterocycles. The number of H-pyrrole nitrogens is 1. The van der Waals surface area contributed by atoms with Crippen molar-refractivity contribution >= 4 is 27.8 Å². The highest BCUT2D eigenvalue weighted by Crippen LogP contribution is 2.42. The minimum atomic E-state index is -0.355. The van der Waals surface area contributed by atoms with Gasteiger partial charge in [0, 0.05) is 28.7 Å². The van der Waals surface area contributed by atoms with Crippen LogP contribution in [0.25, 0.3) is 21.8 Å². The smallest absolute Gasteiger partial charge is 0.340 e. The molecule has 2 aromatic carbocycles. The summed E-state index contributed by atoms with van der Waals surface area (Å²) >= 11 is 0. The molecule has 0 bridgehead atoms. The van der Waals surface area contributed by atoms with E-state index in [9.17, 15) is 9.90 Å². The lowest BCUT2D eigenvalue weighted by Gasteiger charge is -2.13. The molecule has 5 rings (SSSR count). The molecule has 32 heavy (non-hydrogen) atoms. The molecule has 0 radical (unpaired) electrons. The number of aromatic amines is 1. The fourth-order valence-electron chi connectivity index (χ4n) is 5.09. The summed E-state index contributed by atoms with van der Waals surface area (Å²) in [7, 11) is 1.66. The maximum absolute atomic E-state index is 13.0. The van der Waals surface area contributed by atoms with Crippen LogP contribution in [0.1, 0.15) is 52.6 Å². The number of benzene rings is 2. The van der Waals surface area contributed by atoms with Gasteiger partial charge in [0.25, 0.3) is 0 Å². The van der Waals surface area contributed by atoms with Crippen LogP contribution in [0.4, 0.5) is 0 Å². The number of aryl methyl sites for hydroxylation is 2. The third-order valence-electron chi connectivity index (χ3n) is 6.61. The summed E-state index contributed by atoms with van der Waals surface area (Å²) in [5.74, 6) is 0.628. The number of hydrogen-bond donors (Lipinski definition) is 2. The first kappa shape index (κ1) is 20.5. The molecule has 2 N–H and O–H groups in total. The Balaban J connectivity index is 1.81. The molecule has 6 heteroatoms. The summed E-state index contributed by atoms with van der Waals surface area (Å²) in [6.45, 7) is 4.67. The number of aromatic nitrogens is 2. The van der Waals surface area contributed by atoms with Gasteiger partial charge in [0.1, 0.15) is 11.5 Å². The van der Waals surface area contributed by atoms with Crippen LogP contribution in [0.5, 0.6) is 11.5 Å². The van der Waals surface area contributed by atoms with Crippen molar-refractivity contribution in [2.24, 2.45) is 0 Å². The summed E-state index contributed by atoms with van der Waals surface area (Å²) in [5, 5.41) is 12.7. The number of esters is 1. The van der Waals surface area contributed by atoms with Crippen LogP contribution < -0.4 is 4.74 Å². The van der Waals surface area contributed by atoms with Gasteiger partial charge in [-0.15, -0.1) is 0 Å². The third kappa shape index (κ3) is 3.13. The number of nitrogens with zero attached hydrogens (tertiary/aromatic N) is 1. The average molecular weight is 433 g/mol. The van der Waals surface area contributed by atoms with Crippen molar-refractivity contribution in [1.29, 1.82) is 0 Å². The first-order valence-corrected chi connectivity index (χ1v) is 11.2. The SMILES string of the molecule is CCOC(=O)c1c(C)n(Cc2ccc(OC)cc2)c2c1cc(O)c1[nH]c3c(c12)CCCC3. The minimum Gasteiger partial charge on any atom is -0.506 e. The lowest BCUT2D eigenvalue weighted by Crippen LogP contribution is -2.08. The lowest BCUT2D eigenvalue weighted by molar-refractivity contribution is 0.0527. The van der Waals surface area contributed by atoms with Crippen molar-refractivity contribution in [1.82, 2.24) is 9.55 Å². The monoisotopic (exact) mass is 432 g/mol. The van der Waals surface area contributed by atoms with Gasteiger partial charge in [-0.3, -0.25) is 0 Å². The normalized spacial score (nSPS) is 13.5. The molecule has 0 amide bonds. The number of methoxy groups -OCH3 is 1. The van der Waals surface area contributed by atoms with Gasteiger partial charge < -0.3 is 24.1 Å². The Kier molecular flexibility index (Phi) is 5.08. The van der Waals surface area contributed by atoms with Crippen LogP contribution >= 0.6 is 0 Å². The zero-order valence-electron chi connectivity index (χ0n) is 18.7. The van der Waals surface area contributed by atoms with Crippen LogP contribution in [-0.2, 0) is 24.1 Å². The number of carbonyl (C=O) groups is 1. The molecule has 0 saturated carbocycles. The number of hydrogen-bond acceptors (Lipinski definition) is 4. The molecule has 0 fully saturated rings. The van der Waals surface area contributed by atoms with Gasteiger partial charge in [0.2, 0.25) is 0 Å². The third-order valence-corrected chi connectivity index (χ3v) is 6.61. The standard InChI is InChI=1S/C26H28N2O4/c1-4-32-26(30)22-15(2)28(14-16-9-11-17(31-3)12-10-16)25-19(22)13-21(29)24-23(25)18-7-5-6-8-20(18)27-24/h9-13,27,29H,4-8,14H2,1-3H3. The van der Waals surface area contributed by atoms with Crippen LogP contribution in [0.15, 0.2) is 30.3 Å². The number of phenols is 1. The zero-order valence-corrected chi connectivity index (χ0v) is 18.7. The number of phenolic OH excluding ortho intramolecular Hbond substituents is 1. The van der Waals surface area contributed by atoms with Crippen LogP contribution in [0, 0.1) is 6.92 Å². The van der Waals surface area contributed by atoms with Crippen LogP contribution in [0.3, 0.4) is 0 Å². The van der Waals surface area contributed by atoms with Gasteiger partial charge >= 0.3 is 5.97 Å². The molecule has 166 valence electrons. The van der Waals surface area contributed by atoms with Crippen molar-refractivity contribution in [3.8, 4) is 11.5 Å². The summed E-state index contributed by atoms with van der Waals surface area (Å²) in [6, 6.07) is 9.68. The summed E-state index contributed by atoms with van der Waals surface area (Å²) in [6.07, 6.45) is 4.22. The highest BCUT2D eigenvalue weighted by atomic mass is 16.5. The van der Waals surface area contributed by atoms with Gasteiger partial charge in [-0.1, -0.05) is 12.1 Å². The molecule has 6 nitrogen and oxygen atoms in total. The molecule has 0 atom stereocenters. The van der Waals surface area contributed by atoms with E-state index < -0.39 is 0 Å². The summed E-state index contributed by atoms with van der Waals surface area (Å²) in [4.78, 5) is 16.4. The molecule has 4 aromatic rings. The van der Waals surface area contributed by atoms with Crippen molar-refractivity contribution in [2.75, 3.05) is 13.7 Å². The first-order valence-electron chi connectivity index (χ1n) is 11.2. The Morgan fingerprint density at radius 2 is 1.94 bits per heavy atom. The maximum Gasteiger partial charge on any atom is 0.340 e. The fraction of sp³-hybridized carbons (Fsp3) is 0.346. The Bertz CT molecular complexity index is 1330. The first-order chi connectivity index (χ1) is 15.5. The number of rotatable bonds is 5. The van der Waals surface area contributed by atoms with Gasteiger partial charge in [-0.05, 0) is 68.9 Å². The van der Waals surface area contributed by atoms with Crippen molar-refractivity contribution in [3.05, 3.63) is 58.4 Å². The van der Waals surface area contributed by atoms with E-state index in [4.69, 9.17) is 9.47 Å². The van der Waals surface area contributed by atoms with E-state index in [-0.39, 0.29) is 11.7 Å². The van der Waals surface area contributed by atoms with Gasteiger partial charge in [0.15, 0.2) is 0 Å². The molecule has 0 unspecified atom stereocenters. The summed E-state index contributed by atoms with van der Waals surface area (Å²) < 4.78 is 12.9. The average Bonchev–Trinajstić information content (AvgIpc) is 3.31. The molecule has 0 spiro atoms. The molecule has 0 saturated heterocycles. The Morgan fingerprint density at radius 3 is 2.66 bits per heavy atom. The number of aromatic hydroxyl groups is 1. The van der Waals surface area contributed by atoms with Gasteiger partial charge in [0.05, 0.1) is 30.3 Å². The van der Waals surface area contributed by atoms with E-state index in [1.807, 2.05) is 38.1 Å². The van der Waals surface area contributed by atoms with E-state index in [1.54, 1.807) is 13.2 Å². The molecule has 2 heterocycles. The number of fused-ring (bicyclic) bond motifs is 5. The second-order valence-corrected chi connectivity index (χ2v) is 8.45. The van der Waals surface area contributed by atoms with Gasteiger partial charge in [-0.25, -0.2) is 4.79 Å². The van der Waals surface area contributed by atoms with Gasteiger partial charge in [-0.2, -0.15) is 0 Å². The second-order valence-electron chi connectivity index (χ2n) is 8.45. The number of carbonyl (C=O) groups excluding carboxylic acids is 1. The number of ether oxygens (including phenoxy) is 2. The van der Waals surface area contributed by atoms with E-state index in [2.05, 4.69) is 9.55 Å². The minimum absolute atomic E-state index is 0.175. The Labute approximate surface area is 186 Å². The van der Waals surface area contributed by atoms with E-state index in [1.165, 1.54) is 11.3 Å². The van der Waals surface area contributed by atoms with E-state index in [0.717, 1.165) is 64.5 Å². The lowest BCUT2D eigenvalue weighted by atomic mass is 9.94. The molecule has 0 aliphatic heterocycles. The molecular weight excluding hydrogens is 404 g/mol. The topological polar surface area (TPSA) is 76.5 Å². The van der Waals surface area contributed by atoms with Crippen LogP contribution in [0.2, 0.25) is 0 Å². The number of nitrogens with one attached hydrogen (secondary N) is 1. The predicted molar refractivity (Wildman–Crippen MR) is 125 cm³/mol. The molecular formula is C26H28N2O4. The predicted octanol–water partition coefficient (Wildman–Crippen LogP) is 5.25. The maximum atomic E-state index is 13.0. The molecule has 1 aliphatic carbocycles. The Hall–Kier alpha value is -3.41. The zero-order chi connectivity index (χ0) is 22.4. The second kappa shape index (κ2) is 7.93. The van der Waals surface area contributed by atoms with E-state index >= 15 is 0 Å². The highest BCUT2D eigenvalue weighted by molar-refractivity contribution is 6.17. The van der Waals surface area contributed by atoms with Crippen molar-refractivity contribution < 1.29 is 19.4 Å². The largest absolute Gasteiger partial charge is 0.506 e. The summed E-state index contributed by atoms with van der Waals surface area (Å²) in [5.41, 5.74) is 6.66. The van der Waals surface area contributed by atoms with Crippen molar-refractivity contribution in [2.45, 2.75) is 46.1 Å². The molecule has 1 aliphatic rings. The van der Waals surface area contributed by atoms with Crippen LogP contribution in [-0.4, -0.2) is 34.3 Å². The van der Waals surface area contributed by atoms with Crippen molar-refractivity contribution in [3.63, 3.8) is 0 Å².